The van der Waals surface area contributed by atoms with Crippen molar-refractivity contribution in [2.45, 2.75) is 38.3 Å². The molecular weight excluding hydrogens is 280 g/mol. The molecule has 1 aliphatic heterocycles. The molecule has 1 aromatic carbocycles. The lowest BCUT2D eigenvalue weighted by atomic mass is 10.1. The van der Waals surface area contributed by atoms with Crippen molar-refractivity contribution in [1.82, 2.24) is 10.3 Å². The fraction of sp³-hybridized carbons (Fsp3) is 0.471. The highest BCUT2D eigenvalue weighted by Gasteiger charge is 2.13. The van der Waals surface area contributed by atoms with Gasteiger partial charge in [-0.05, 0) is 32.2 Å². The standard InChI is InChI=1S/C17H22N2OS/c1-2-6-14(7-3-1)16-13-21-17(19-16)12-18-10-9-15-8-4-5-11-20-15/h1-3,6-7,13,15,18H,4-5,8-12H2. The van der Waals surface area contributed by atoms with Crippen LogP contribution in [0.2, 0.25) is 0 Å². The van der Waals surface area contributed by atoms with E-state index in [0.717, 1.165) is 36.8 Å². The molecule has 3 rings (SSSR count). The van der Waals surface area contributed by atoms with Gasteiger partial charge in [0.1, 0.15) is 5.01 Å². The highest BCUT2D eigenvalue weighted by Crippen LogP contribution is 2.21. The smallest absolute Gasteiger partial charge is 0.107 e. The van der Waals surface area contributed by atoms with Gasteiger partial charge in [-0.2, -0.15) is 0 Å². The molecule has 1 fully saturated rings. The predicted octanol–water partition coefficient (Wildman–Crippen LogP) is 3.86. The van der Waals surface area contributed by atoms with Gasteiger partial charge in [0.05, 0.1) is 11.8 Å². The van der Waals surface area contributed by atoms with Gasteiger partial charge in [0.15, 0.2) is 0 Å². The van der Waals surface area contributed by atoms with Crippen molar-refractivity contribution in [2.24, 2.45) is 0 Å². The summed E-state index contributed by atoms with van der Waals surface area (Å²) >= 11 is 1.73. The molecule has 1 saturated heterocycles. The van der Waals surface area contributed by atoms with E-state index in [2.05, 4.69) is 39.9 Å². The number of nitrogens with zero attached hydrogens (tertiary/aromatic N) is 1. The van der Waals surface area contributed by atoms with E-state index in [1.165, 1.54) is 24.8 Å². The second-order valence-corrected chi connectivity index (χ2v) is 6.39. The van der Waals surface area contributed by atoms with Gasteiger partial charge in [-0.3, -0.25) is 0 Å². The molecule has 112 valence electrons. The molecule has 2 heterocycles. The first-order valence-corrected chi connectivity index (χ1v) is 8.62. The molecule has 21 heavy (non-hydrogen) atoms. The average molecular weight is 302 g/mol. The minimum absolute atomic E-state index is 0.461. The second-order valence-electron chi connectivity index (χ2n) is 5.45. The minimum atomic E-state index is 0.461. The summed E-state index contributed by atoms with van der Waals surface area (Å²) in [6.45, 7) is 2.80. The number of benzene rings is 1. The van der Waals surface area contributed by atoms with Crippen LogP contribution in [0.1, 0.15) is 30.7 Å². The number of ether oxygens (including phenoxy) is 1. The highest BCUT2D eigenvalue weighted by atomic mass is 32.1. The number of nitrogens with one attached hydrogen (secondary N) is 1. The molecule has 0 radical (unpaired) electrons. The van der Waals surface area contributed by atoms with Crippen LogP contribution in [-0.2, 0) is 11.3 Å². The molecule has 3 nitrogen and oxygen atoms in total. The third kappa shape index (κ3) is 4.37. The fourth-order valence-electron chi connectivity index (χ4n) is 2.63. The minimum Gasteiger partial charge on any atom is -0.378 e. The average Bonchev–Trinajstić information content (AvgIpc) is 3.02. The number of aromatic nitrogens is 1. The predicted molar refractivity (Wildman–Crippen MR) is 87.5 cm³/mol. The molecule has 1 atom stereocenters. The van der Waals surface area contributed by atoms with Gasteiger partial charge in [0.2, 0.25) is 0 Å². The van der Waals surface area contributed by atoms with Crippen LogP contribution in [0.15, 0.2) is 35.7 Å². The topological polar surface area (TPSA) is 34.1 Å². The van der Waals surface area contributed by atoms with E-state index in [1.54, 1.807) is 11.3 Å². The van der Waals surface area contributed by atoms with Crippen LogP contribution in [0.3, 0.4) is 0 Å². The van der Waals surface area contributed by atoms with Crippen molar-refractivity contribution >= 4 is 11.3 Å². The first kappa shape index (κ1) is 14.7. The van der Waals surface area contributed by atoms with Crippen molar-refractivity contribution in [2.75, 3.05) is 13.2 Å². The second kappa shape index (κ2) is 7.69. The van der Waals surface area contributed by atoms with Gasteiger partial charge in [0, 0.05) is 24.1 Å². The molecule has 1 unspecified atom stereocenters. The van der Waals surface area contributed by atoms with Crippen LogP contribution in [-0.4, -0.2) is 24.2 Å². The molecule has 1 aromatic heterocycles. The molecule has 4 heteroatoms. The van der Waals surface area contributed by atoms with E-state index in [1.807, 2.05) is 6.07 Å². The van der Waals surface area contributed by atoms with Crippen LogP contribution >= 0.6 is 11.3 Å². The molecule has 2 aromatic rings. The summed E-state index contributed by atoms with van der Waals surface area (Å²) in [5, 5.41) is 6.77. The van der Waals surface area contributed by atoms with Crippen molar-refractivity contribution in [3.63, 3.8) is 0 Å². The van der Waals surface area contributed by atoms with E-state index in [-0.39, 0.29) is 0 Å². The Balaban J connectivity index is 1.42. The van der Waals surface area contributed by atoms with Gasteiger partial charge in [-0.15, -0.1) is 11.3 Å². The van der Waals surface area contributed by atoms with E-state index in [4.69, 9.17) is 4.74 Å². The summed E-state index contributed by atoms with van der Waals surface area (Å²) in [7, 11) is 0. The zero-order chi connectivity index (χ0) is 14.3. The third-order valence-electron chi connectivity index (χ3n) is 3.81. The molecule has 0 bridgehead atoms. The number of hydrogen-bond donors (Lipinski definition) is 1. The van der Waals surface area contributed by atoms with E-state index >= 15 is 0 Å². The first-order valence-electron chi connectivity index (χ1n) is 7.74. The summed E-state index contributed by atoms with van der Waals surface area (Å²) in [5.41, 5.74) is 2.27. The quantitative estimate of drug-likeness (QED) is 0.823. The van der Waals surface area contributed by atoms with E-state index in [0.29, 0.717) is 6.10 Å². The van der Waals surface area contributed by atoms with Crippen LogP contribution < -0.4 is 5.32 Å². The zero-order valence-corrected chi connectivity index (χ0v) is 13.1. The molecule has 0 aliphatic carbocycles. The van der Waals surface area contributed by atoms with Gasteiger partial charge in [-0.25, -0.2) is 4.98 Å². The number of hydrogen-bond acceptors (Lipinski definition) is 4. The zero-order valence-electron chi connectivity index (χ0n) is 12.3. The Kier molecular flexibility index (Phi) is 5.38. The van der Waals surface area contributed by atoms with Crippen molar-refractivity contribution in [3.8, 4) is 11.3 Å². The Morgan fingerprint density at radius 1 is 1.24 bits per heavy atom. The first-order chi connectivity index (χ1) is 10.4. The number of rotatable bonds is 6. The monoisotopic (exact) mass is 302 g/mol. The Labute approximate surface area is 130 Å². The van der Waals surface area contributed by atoms with Crippen LogP contribution in [0.4, 0.5) is 0 Å². The van der Waals surface area contributed by atoms with Gasteiger partial charge >= 0.3 is 0 Å². The SMILES string of the molecule is c1ccc(-c2csc(CNCCC3CCCCO3)n2)cc1. The lowest BCUT2D eigenvalue weighted by Crippen LogP contribution is -2.25. The maximum absolute atomic E-state index is 5.74. The Bertz CT molecular complexity index is 535. The summed E-state index contributed by atoms with van der Waals surface area (Å²) < 4.78 is 5.74. The Morgan fingerprint density at radius 2 is 2.14 bits per heavy atom. The van der Waals surface area contributed by atoms with Gasteiger partial charge < -0.3 is 10.1 Å². The van der Waals surface area contributed by atoms with Crippen molar-refractivity contribution < 1.29 is 4.74 Å². The lowest BCUT2D eigenvalue weighted by Gasteiger charge is -2.22. The summed E-state index contributed by atoms with van der Waals surface area (Å²) in [4.78, 5) is 4.69. The molecule has 1 N–H and O–H groups in total. The summed E-state index contributed by atoms with van der Waals surface area (Å²) in [5.74, 6) is 0. The van der Waals surface area contributed by atoms with Gasteiger partial charge in [0.25, 0.3) is 0 Å². The van der Waals surface area contributed by atoms with Crippen molar-refractivity contribution in [1.29, 1.82) is 0 Å². The van der Waals surface area contributed by atoms with Crippen LogP contribution in [0, 0.1) is 0 Å². The largest absolute Gasteiger partial charge is 0.378 e. The maximum atomic E-state index is 5.74. The molecular formula is C17H22N2OS. The van der Waals surface area contributed by atoms with Crippen LogP contribution in [0.5, 0.6) is 0 Å². The summed E-state index contributed by atoms with van der Waals surface area (Å²) in [6.07, 6.45) is 5.33. The third-order valence-corrected chi connectivity index (χ3v) is 4.66. The Hall–Kier alpha value is -1.23. The highest BCUT2D eigenvalue weighted by molar-refractivity contribution is 7.09. The normalized spacial score (nSPS) is 18.8. The maximum Gasteiger partial charge on any atom is 0.107 e. The Morgan fingerprint density at radius 3 is 2.95 bits per heavy atom. The summed E-state index contributed by atoms with van der Waals surface area (Å²) in [6, 6.07) is 10.3. The molecule has 0 saturated carbocycles. The lowest BCUT2D eigenvalue weighted by molar-refractivity contribution is 0.0115. The molecule has 0 amide bonds. The van der Waals surface area contributed by atoms with Crippen molar-refractivity contribution in [3.05, 3.63) is 40.7 Å². The van der Waals surface area contributed by atoms with E-state index < -0.39 is 0 Å². The number of thiazole rings is 1. The van der Waals surface area contributed by atoms with E-state index in [9.17, 15) is 0 Å². The molecule has 1 aliphatic rings. The van der Waals surface area contributed by atoms with Crippen LogP contribution in [0.25, 0.3) is 11.3 Å². The molecule has 0 spiro atoms. The van der Waals surface area contributed by atoms with Gasteiger partial charge in [-0.1, -0.05) is 30.3 Å². The fourth-order valence-corrected chi connectivity index (χ4v) is 3.40.